The number of nitrogens with zero attached hydrogens (tertiary/aromatic N) is 2. The van der Waals surface area contributed by atoms with Crippen LogP contribution in [0.1, 0.15) is 37.3 Å². The third-order valence-electron chi connectivity index (χ3n) is 7.71. The fourth-order valence-corrected chi connectivity index (χ4v) is 5.71. The fraction of sp³-hybridized carbons (Fsp3) is 0.519. The number of nitrogens with one attached hydrogen (secondary N) is 1. The van der Waals surface area contributed by atoms with Crippen LogP contribution in [0.5, 0.6) is 0 Å². The van der Waals surface area contributed by atoms with Crippen LogP contribution in [-0.2, 0) is 4.74 Å². The molecule has 2 aromatic carbocycles. The summed E-state index contributed by atoms with van der Waals surface area (Å²) in [4.78, 5) is 17.3. The quantitative estimate of drug-likeness (QED) is 0.785. The van der Waals surface area contributed by atoms with Gasteiger partial charge in [-0.3, -0.25) is 4.90 Å². The van der Waals surface area contributed by atoms with Gasteiger partial charge in [-0.2, -0.15) is 0 Å². The molecule has 32 heavy (non-hydrogen) atoms. The highest BCUT2D eigenvalue weighted by Gasteiger charge is 2.31. The Labute approximate surface area is 191 Å². The van der Waals surface area contributed by atoms with Gasteiger partial charge in [0, 0.05) is 44.7 Å². The van der Waals surface area contributed by atoms with Crippen LogP contribution >= 0.6 is 0 Å². The third kappa shape index (κ3) is 4.28. The minimum absolute atomic E-state index is 0.121. The van der Waals surface area contributed by atoms with Gasteiger partial charge < -0.3 is 15.0 Å². The lowest BCUT2D eigenvalue weighted by Crippen LogP contribution is -2.52. The average molecular weight is 434 g/mol. The molecule has 3 aliphatic rings. The number of hydrogen-bond donors (Lipinski definition) is 1. The Kier molecular flexibility index (Phi) is 6.20. The van der Waals surface area contributed by atoms with Crippen LogP contribution in [-0.4, -0.2) is 67.8 Å². The number of amides is 1. The Hall–Kier alpha value is -2.37. The van der Waals surface area contributed by atoms with E-state index >= 15 is 0 Å². The Bertz CT molecular complexity index is 908. The molecular weight excluding hydrogens is 398 g/mol. The van der Waals surface area contributed by atoms with E-state index in [1.165, 1.54) is 28.7 Å². The van der Waals surface area contributed by atoms with E-state index in [4.69, 9.17) is 4.74 Å². The van der Waals surface area contributed by atoms with Gasteiger partial charge in [-0.15, -0.1) is 0 Å². The monoisotopic (exact) mass is 433 g/mol. The van der Waals surface area contributed by atoms with Crippen molar-refractivity contribution in [1.82, 2.24) is 15.1 Å². The summed E-state index contributed by atoms with van der Waals surface area (Å²) >= 11 is 0. The first-order valence-corrected chi connectivity index (χ1v) is 12.2. The van der Waals surface area contributed by atoms with Gasteiger partial charge >= 0.3 is 6.09 Å². The summed E-state index contributed by atoms with van der Waals surface area (Å²) in [5.74, 6) is 1.58. The van der Waals surface area contributed by atoms with Gasteiger partial charge in [-0.1, -0.05) is 55.5 Å². The Morgan fingerprint density at radius 3 is 2.25 bits per heavy atom. The second-order valence-electron chi connectivity index (χ2n) is 9.87. The van der Waals surface area contributed by atoms with Gasteiger partial charge in [0.25, 0.3) is 0 Å². The van der Waals surface area contributed by atoms with Crippen LogP contribution in [0.4, 0.5) is 4.79 Å². The van der Waals surface area contributed by atoms with Crippen LogP contribution in [0.3, 0.4) is 0 Å². The summed E-state index contributed by atoms with van der Waals surface area (Å²) in [5, 5.41) is 3.58. The molecule has 3 unspecified atom stereocenters. The van der Waals surface area contributed by atoms with Crippen LogP contribution in [0.15, 0.2) is 48.5 Å². The van der Waals surface area contributed by atoms with Crippen LogP contribution in [0, 0.1) is 11.8 Å². The molecule has 2 fully saturated rings. The highest BCUT2D eigenvalue weighted by Crippen LogP contribution is 2.44. The first kappa shape index (κ1) is 21.5. The Morgan fingerprint density at radius 2 is 1.59 bits per heavy atom. The molecule has 2 aliphatic heterocycles. The molecule has 1 N–H and O–H groups in total. The number of piperidine rings is 1. The molecule has 5 heteroatoms. The van der Waals surface area contributed by atoms with Gasteiger partial charge in [0.15, 0.2) is 0 Å². The highest BCUT2D eigenvalue weighted by atomic mass is 16.6. The van der Waals surface area contributed by atoms with E-state index in [1.54, 1.807) is 0 Å². The first-order valence-electron chi connectivity index (χ1n) is 12.2. The normalized spacial score (nSPS) is 25.9. The summed E-state index contributed by atoms with van der Waals surface area (Å²) in [6.45, 7) is 10.7. The largest absolute Gasteiger partial charge is 0.448 e. The Morgan fingerprint density at radius 1 is 0.969 bits per heavy atom. The summed E-state index contributed by atoms with van der Waals surface area (Å²) in [7, 11) is 0. The number of piperazine rings is 1. The molecule has 5 rings (SSSR count). The predicted molar refractivity (Wildman–Crippen MR) is 128 cm³/mol. The zero-order valence-electron chi connectivity index (χ0n) is 19.3. The predicted octanol–water partition coefficient (Wildman–Crippen LogP) is 4.19. The van der Waals surface area contributed by atoms with Crippen molar-refractivity contribution in [3.63, 3.8) is 0 Å². The standard InChI is InChI=1S/C27H35N3O2/c1-19-16-28-20(2)15-21(19)17-29-11-13-30(14-12-29)27(31)32-18-26-24-9-5-3-7-22(24)23-8-4-6-10-25(23)26/h3-10,19-21,26,28H,11-18H2,1-2H3. The van der Waals surface area contributed by atoms with E-state index in [2.05, 4.69) is 72.6 Å². The molecule has 1 aliphatic carbocycles. The highest BCUT2D eigenvalue weighted by molar-refractivity contribution is 5.79. The smallest absolute Gasteiger partial charge is 0.409 e. The number of carbonyl (C=O) groups is 1. The second kappa shape index (κ2) is 9.24. The molecule has 2 saturated heterocycles. The molecule has 0 saturated carbocycles. The molecule has 170 valence electrons. The molecule has 0 radical (unpaired) electrons. The van der Waals surface area contributed by atoms with Crippen molar-refractivity contribution >= 4 is 6.09 Å². The second-order valence-corrected chi connectivity index (χ2v) is 9.87. The summed E-state index contributed by atoms with van der Waals surface area (Å²) < 4.78 is 5.86. The first-order chi connectivity index (χ1) is 15.6. The molecule has 2 heterocycles. The molecule has 0 spiro atoms. The SMILES string of the molecule is CC1CC(CN2CCN(C(=O)OCC3c4ccccc4-c4ccccc43)CC2)C(C)CN1. The number of benzene rings is 2. The number of fused-ring (bicyclic) bond motifs is 3. The number of carbonyl (C=O) groups excluding carboxylic acids is 1. The summed E-state index contributed by atoms with van der Waals surface area (Å²) in [5.41, 5.74) is 5.05. The molecule has 2 aromatic rings. The Balaban J connectivity index is 1.14. The van der Waals surface area contributed by atoms with Crippen LogP contribution in [0.2, 0.25) is 0 Å². The lowest BCUT2D eigenvalue weighted by Gasteiger charge is -2.40. The van der Waals surface area contributed by atoms with Crippen molar-refractivity contribution in [1.29, 1.82) is 0 Å². The summed E-state index contributed by atoms with van der Waals surface area (Å²) in [6.07, 6.45) is 1.07. The number of hydrogen-bond acceptors (Lipinski definition) is 4. The zero-order valence-corrected chi connectivity index (χ0v) is 19.3. The van der Waals surface area contributed by atoms with Crippen molar-refractivity contribution in [3.05, 3.63) is 59.7 Å². The molecule has 5 nitrogen and oxygen atoms in total. The molecule has 1 amide bonds. The summed E-state index contributed by atoms with van der Waals surface area (Å²) in [6, 6.07) is 17.6. The number of ether oxygens (including phenoxy) is 1. The lowest BCUT2D eigenvalue weighted by atomic mass is 9.84. The molecule has 3 atom stereocenters. The van der Waals surface area contributed by atoms with Crippen molar-refractivity contribution in [2.75, 3.05) is 45.9 Å². The van der Waals surface area contributed by atoms with Crippen LogP contribution < -0.4 is 5.32 Å². The maximum absolute atomic E-state index is 12.8. The maximum Gasteiger partial charge on any atom is 0.409 e. The molecule has 0 aromatic heterocycles. The van der Waals surface area contributed by atoms with Gasteiger partial charge in [0.1, 0.15) is 6.61 Å². The molecular formula is C27H35N3O2. The van der Waals surface area contributed by atoms with E-state index in [9.17, 15) is 4.79 Å². The minimum Gasteiger partial charge on any atom is -0.448 e. The van der Waals surface area contributed by atoms with E-state index in [-0.39, 0.29) is 12.0 Å². The van der Waals surface area contributed by atoms with Crippen molar-refractivity contribution in [2.24, 2.45) is 11.8 Å². The van der Waals surface area contributed by atoms with Crippen molar-refractivity contribution < 1.29 is 9.53 Å². The zero-order chi connectivity index (χ0) is 22.1. The fourth-order valence-electron chi connectivity index (χ4n) is 5.71. The van der Waals surface area contributed by atoms with Crippen molar-refractivity contribution in [2.45, 2.75) is 32.2 Å². The van der Waals surface area contributed by atoms with Gasteiger partial charge in [-0.05, 0) is 54.0 Å². The maximum atomic E-state index is 12.8. The number of rotatable bonds is 4. The third-order valence-corrected chi connectivity index (χ3v) is 7.71. The van der Waals surface area contributed by atoms with E-state index < -0.39 is 0 Å². The topological polar surface area (TPSA) is 44.8 Å². The van der Waals surface area contributed by atoms with E-state index in [0.29, 0.717) is 18.6 Å². The van der Waals surface area contributed by atoms with Gasteiger partial charge in [-0.25, -0.2) is 4.79 Å². The van der Waals surface area contributed by atoms with Gasteiger partial charge in [0.05, 0.1) is 0 Å². The van der Waals surface area contributed by atoms with Crippen LogP contribution in [0.25, 0.3) is 11.1 Å². The minimum atomic E-state index is -0.171. The molecule has 0 bridgehead atoms. The van der Waals surface area contributed by atoms with E-state index in [1.807, 2.05) is 4.90 Å². The van der Waals surface area contributed by atoms with E-state index in [0.717, 1.165) is 45.2 Å². The average Bonchev–Trinajstić information content (AvgIpc) is 3.14. The van der Waals surface area contributed by atoms with Gasteiger partial charge in [0.2, 0.25) is 0 Å². The van der Waals surface area contributed by atoms with Crippen molar-refractivity contribution in [3.8, 4) is 11.1 Å². The lowest BCUT2D eigenvalue weighted by molar-refractivity contribution is 0.0632.